The Balaban J connectivity index is 0.00000306. The maximum atomic E-state index is 5.48. The van der Waals surface area contributed by atoms with Crippen LogP contribution < -0.4 is 5.32 Å². The number of hydrogen-bond donors (Lipinski definition) is 2. The largest absolute Gasteiger partial charge is 0.379 e. The van der Waals surface area contributed by atoms with Crippen molar-refractivity contribution in [1.82, 2.24) is 25.1 Å². The van der Waals surface area contributed by atoms with Gasteiger partial charge >= 0.3 is 0 Å². The lowest BCUT2D eigenvalue weighted by molar-refractivity contribution is 0.0341. The highest BCUT2D eigenvalue weighted by molar-refractivity contribution is 14.0. The first-order valence-electron chi connectivity index (χ1n) is 11.1. The quantitative estimate of drug-likeness (QED) is 0.262. The summed E-state index contributed by atoms with van der Waals surface area (Å²) in [7, 11) is 3.84. The number of aromatic nitrogens is 2. The first kappa shape index (κ1) is 25.2. The predicted octanol–water partition coefficient (Wildman–Crippen LogP) is 3.73. The molecular formula is C25H33IN6O. The molecule has 1 saturated heterocycles. The highest BCUT2D eigenvalue weighted by Gasteiger charge is 2.14. The molecule has 0 unspecified atom stereocenters. The summed E-state index contributed by atoms with van der Waals surface area (Å²) in [5, 5.41) is 3.51. The molecule has 1 aliphatic rings. The lowest BCUT2D eigenvalue weighted by atomic mass is 10.1. The van der Waals surface area contributed by atoms with Gasteiger partial charge in [-0.15, -0.1) is 24.0 Å². The summed E-state index contributed by atoms with van der Waals surface area (Å²) in [6.45, 7) is 5.92. The molecule has 0 bridgehead atoms. The van der Waals surface area contributed by atoms with Gasteiger partial charge in [0, 0.05) is 40.3 Å². The monoisotopic (exact) mass is 560 g/mol. The fourth-order valence-electron chi connectivity index (χ4n) is 3.95. The van der Waals surface area contributed by atoms with Crippen molar-refractivity contribution in [2.75, 3.05) is 40.4 Å². The topological polar surface area (TPSA) is 68.8 Å². The Morgan fingerprint density at radius 2 is 1.79 bits per heavy atom. The Bertz CT molecular complexity index is 1020. The van der Waals surface area contributed by atoms with E-state index in [0.717, 1.165) is 62.4 Å². The van der Waals surface area contributed by atoms with E-state index in [9.17, 15) is 0 Å². The first-order valence-corrected chi connectivity index (χ1v) is 11.1. The number of aromatic amines is 1. The summed E-state index contributed by atoms with van der Waals surface area (Å²) < 4.78 is 5.48. The number of imidazole rings is 1. The second-order valence-electron chi connectivity index (χ2n) is 8.02. The van der Waals surface area contributed by atoms with Crippen LogP contribution in [0.15, 0.2) is 65.8 Å². The van der Waals surface area contributed by atoms with Crippen molar-refractivity contribution >= 4 is 29.9 Å². The lowest BCUT2D eigenvalue weighted by Gasteiger charge is -2.27. The van der Waals surface area contributed by atoms with Crippen LogP contribution in [0, 0.1) is 0 Å². The summed E-state index contributed by atoms with van der Waals surface area (Å²) >= 11 is 0. The van der Waals surface area contributed by atoms with Gasteiger partial charge in [0.15, 0.2) is 5.96 Å². The van der Waals surface area contributed by atoms with Crippen LogP contribution in [0.25, 0.3) is 11.3 Å². The second kappa shape index (κ2) is 12.7. The van der Waals surface area contributed by atoms with Gasteiger partial charge in [0.25, 0.3) is 0 Å². The molecule has 1 fully saturated rings. The third-order valence-electron chi connectivity index (χ3n) is 5.73. The van der Waals surface area contributed by atoms with Crippen LogP contribution >= 0.6 is 24.0 Å². The number of H-pyrrole nitrogens is 1. The number of hydrogen-bond acceptors (Lipinski definition) is 4. The third kappa shape index (κ3) is 7.02. The van der Waals surface area contributed by atoms with Crippen molar-refractivity contribution in [2.24, 2.45) is 4.99 Å². The Morgan fingerprint density at radius 1 is 1.09 bits per heavy atom. The van der Waals surface area contributed by atoms with Crippen molar-refractivity contribution in [3.05, 3.63) is 77.7 Å². The fourth-order valence-corrected chi connectivity index (χ4v) is 3.95. The average molecular weight is 560 g/mol. The normalized spacial score (nSPS) is 14.5. The van der Waals surface area contributed by atoms with Gasteiger partial charge in [0.1, 0.15) is 5.82 Å². The van der Waals surface area contributed by atoms with Crippen LogP contribution in [0.4, 0.5) is 0 Å². The minimum Gasteiger partial charge on any atom is -0.379 e. The highest BCUT2D eigenvalue weighted by atomic mass is 127. The zero-order valence-electron chi connectivity index (χ0n) is 19.3. The molecule has 3 aromatic rings. The maximum absolute atomic E-state index is 5.48. The van der Waals surface area contributed by atoms with E-state index in [4.69, 9.17) is 4.74 Å². The molecule has 0 spiro atoms. The molecular weight excluding hydrogens is 527 g/mol. The molecule has 7 nitrogen and oxygen atoms in total. The average Bonchev–Trinajstić information content (AvgIpc) is 3.30. The molecule has 4 rings (SSSR count). The zero-order valence-corrected chi connectivity index (χ0v) is 21.7. The predicted molar refractivity (Wildman–Crippen MR) is 144 cm³/mol. The Morgan fingerprint density at radius 3 is 2.52 bits per heavy atom. The number of ether oxygens (including phenoxy) is 1. The Labute approximate surface area is 213 Å². The number of guanidine groups is 1. The molecule has 176 valence electrons. The zero-order chi connectivity index (χ0) is 22.2. The SMILES string of the molecule is CN=C(NCc1ccccc1CN1CCOCC1)N(C)Cc1ncc(-c2ccccc2)[nH]1.I. The minimum absolute atomic E-state index is 0. The molecule has 0 radical (unpaired) electrons. The van der Waals surface area contributed by atoms with Crippen LogP contribution in [-0.4, -0.2) is 66.1 Å². The molecule has 0 saturated carbocycles. The molecule has 2 aromatic carbocycles. The Hall–Kier alpha value is -2.43. The van der Waals surface area contributed by atoms with Gasteiger partial charge in [-0.2, -0.15) is 0 Å². The highest BCUT2D eigenvalue weighted by Crippen LogP contribution is 2.17. The minimum atomic E-state index is 0. The van der Waals surface area contributed by atoms with Gasteiger partial charge in [-0.1, -0.05) is 54.6 Å². The lowest BCUT2D eigenvalue weighted by Crippen LogP contribution is -2.39. The molecule has 0 atom stereocenters. The van der Waals surface area contributed by atoms with E-state index in [0.29, 0.717) is 6.54 Å². The molecule has 8 heteroatoms. The molecule has 2 N–H and O–H groups in total. The van der Waals surface area contributed by atoms with Crippen LogP contribution in [-0.2, 0) is 24.4 Å². The molecule has 0 amide bonds. The summed E-state index contributed by atoms with van der Waals surface area (Å²) in [4.78, 5) is 17.0. The standard InChI is InChI=1S/C25H32N6O.HI/c1-26-25(30(2)19-24-27-17-23(29-24)20-8-4-3-5-9-20)28-16-21-10-6-7-11-22(21)18-31-12-14-32-15-13-31;/h3-11,17H,12-16,18-19H2,1-2H3,(H,26,28)(H,27,29);1H. The molecule has 2 heterocycles. The van der Waals surface area contributed by atoms with E-state index in [1.807, 2.05) is 38.5 Å². The van der Waals surface area contributed by atoms with E-state index in [-0.39, 0.29) is 24.0 Å². The Kier molecular flexibility index (Phi) is 9.71. The number of rotatable bonds is 7. The van der Waals surface area contributed by atoms with Crippen molar-refractivity contribution < 1.29 is 4.74 Å². The number of nitrogens with one attached hydrogen (secondary N) is 2. The van der Waals surface area contributed by atoms with Crippen LogP contribution in [0.5, 0.6) is 0 Å². The summed E-state index contributed by atoms with van der Waals surface area (Å²) in [5.41, 5.74) is 4.79. The van der Waals surface area contributed by atoms with Gasteiger partial charge in [0.2, 0.25) is 0 Å². The fraction of sp³-hybridized carbons (Fsp3) is 0.360. The van der Waals surface area contributed by atoms with Gasteiger partial charge < -0.3 is 19.9 Å². The molecule has 33 heavy (non-hydrogen) atoms. The van der Waals surface area contributed by atoms with E-state index in [1.54, 1.807) is 0 Å². The van der Waals surface area contributed by atoms with Crippen LogP contribution in [0.2, 0.25) is 0 Å². The van der Waals surface area contributed by atoms with E-state index >= 15 is 0 Å². The molecule has 1 aliphatic heterocycles. The number of nitrogens with zero attached hydrogens (tertiary/aromatic N) is 4. The van der Waals surface area contributed by atoms with E-state index < -0.39 is 0 Å². The summed E-state index contributed by atoms with van der Waals surface area (Å²) in [6, 6.07) is 18.9. The van der Waals surface area contributed by atoms with Crippen molar-refractivity contribution in [1.29, 1.82) is 0 Å². The van der Waals surface area contributed by atoms with E-state index in [1.165, 1.54) is 11.1 Å². The van der Waals surface area contributed by atoms with Crippen LogP contribution in [0.1, 0.15) is 17.0 Å². The maximum Gasteiger partial charge on any atom is 0.194 e. The summed E-state index contributed by atoms with van der Waals surface area (Å²) in [5.74, 6) is 1.74. The van der Waals surface area contributed by atoms with Crippen LogP contribution in [0.3, 0.4) is 0 Å². The number of aliphatic imine (C=N–C) groups is 1. The van der Waals surface area contributed by atoms with Gasteiger partial charge in [-0.05, 0) is 16.7 Å². The number of morpholine rings is 1. The van der Waals surface area contributed by atoms with Gasteiger partial charge in [-0.3, -0.25) is 9.89 Å². The first-order chi connectivity index (χ1) is 15.7. The number of benzene rings is 2. The summed E-state index contributed by atoms with van der Waals surface area (Å²) in [6.07, 6.45) is 1.89. The third-order valence-corrected chi connectivity index (χ3v) is 5.73. The van der Waals surface area contributed by atoms with E-state index in [2.05, 4.69) is 66.5 Å². The van der Waals surface area contributed by atoms with Crippen molar-refractivity contribution in [2.45, 2.75) is 19.6 Å². The van der Waals surface area contributed by atoms with Crippen molar-refractivity contribution in [3.8, 4) is 11.3 Å². The molecule has 0 aliphatic carbocycles. The second-order valence-corrected chi connectivity index (χ2v) is 8.02. The molecule has 1 aromatic heterocycles. The van der Waals surface area contributed by atoms with Crippen molar-refractivity contribution in [3.63, 3.8) is 0 Å². The smallest absolute Gasteiger partial charge is 0.194 e. The van der Waals surface area contributed by atoms with Gasteiger partial charge in [-0.25, -0.2) is 4.98 Å². The number of halogens is 1. The van der Waals surface area contributed by atoms with Gasteiger partial charge in [0.05, 0.1) is 31.6 Å².